The Morgan fingerprint density at radius 1 is 0.931 bits per heavy atom. The molecule has 0 saturated carbocycles. The van der Waals surface area contributed by atoms with Crippen LogP contribution < -0.4 is 10.0 Å². The van der Waals surface area contributed by atoms with Crippen LogP contribution in [0.1, 0.15) is 24.0 Å². The van der Waals surface area contributed by atoms with Gasteiger partial charge in [-0.05, 0) is 44.0 Å². The average molecular weight is 439 g/mol. The number of amides is 1. The van der Waals surface area contributed by atoms with E-state index in [0.717, 1.165) is 5.56 Å². The molecular formula is C20H26N2O5S2. The van der Waals surface area contributed by atoms with Crippen LogP contribution in [-0.2, 0) is 24.7 Å². The molecule has 0 saturated heterocycles. The molecule has 0 aliphatic heterocycles. The zero-order valence-corrected chi connectivity index (χ0v) is 18.1. The van der Waals surface area contributed by atoms with E-state index in [1.807, 2.05) is 6.92 Å². The molecular weight excluding hydrogens is 412 g/mol. The van der Waals surface area contributed by atoms with E-state index in [1.54, 1.807) is 43.3 Å². The summed E-state index contributed by atoms with van der Waals surface area (Å²) in [5.74, 6) is -0.415. The van der Waals surface area contributed by atoms with Crippen molar-refractivity contribution in [3.05, 3.63) is 59.7 Å². The largest absolute Gasteiger partial charge is 0.356 e. The summed E-state index contributed by atoms with van der Waals surface area (Å²) in [5, 5.41) is 2.61. The molecule has 0 atom stereocenters. The highest BCUT2D eigenvalue weighted by Crippen LogP contribution is 2.16. The predicted molar refractivity (Wildman–Crippen MR) is 112 cm³/mol. The molecule has 0 heterocycles. The summed E-state index contributed by atoms with van der Waals surface area (Å²) in [6.07, 6.45) is 0.243. The minimum Gasteiger partial charge on any atom is -0.356 e. The maximum absolute atomic E-state index is 12.3. The second-order valence-electron chi connectivity index (χ2n) is 6.75. The third-order valence-electron chi connectivity index (χ3n) is 4.28. The summed E-state index contributed by atoms with van der Waals surface area (Å²) in [7, 11) is -7.06. The first-order valence-corrected chi connectivity index (χ1v) is 12.4. The number of carbonyl (C=O) groups is 1. The Kier molecular flexibility index (Phi) is 7.95. The van der Waals surface area contributed by atoms with Gasteiger partial charge < -0.3 is 5.32 Å². The molecule has 158 valence electrons. The van der Waals surface area contributed by atoms with Crippen molar-refractivity contribution < 1.29 is 21.6 Å². The Morgan fingerprint density at radius 3 is 2.28 bits per heavy atom. The summed E-state index contributed by atoms with van der Waals surface area (Å²) in [6, 6.07) is 13.2. The highest BCUT2D eigenvalue weighted by molar-refractivity contribution is 7.91. The van der Waals surface area contributed by atoms with Gasteiger partial charge >= 0.3 is 0 Å². The maximum Gasteiger partial charge on any atom is 0.240 e. The monoisotopic (exact) mass is 438 g/mol. The van der Waals surface area contributed by atoms with Gasteiger partial charge in [0.2, 0.25) is 15.9 Å². The SMILES string of the molecule is Cc1ccc(S(=O)(=O)NCCC(=O)NCCCS(=O)(=O)c2ccccc2)c(C)c1. The van der Waals surface area contributed by atoms with Crippen LogP contribution in [0.15, 0.2) is 58.3 Å². The van der Waals surface area contributed by atoms with Gasteiger partial charge in [-0.3, -0.25) is 4.79 Å². The van der Waals surface area contributed by atoms with Gasteiger partial charge in [-0.25, -0.2) is 21.6 Å². The van der Waals surface area contributed by atoms with E-state index in [0.29, 0.717) is 5.56 Å². The van der Waals surface area contributed by atoms with Crippen LogP contribution in [0.2, 0.25) is 0 Å². The third-order valence-corrected chi connectivity index (χ3v) is 7.72. The van der Waals surface area contributed by atoms with Gasteiger partial charge in [-0.2, -0.15) is 0 Å². The van der Waals surface area contributed by atoms with Crippen molar-refractivity contribution in [2.75, 3.05) is 18.8 Å². The number of sulfonamides is 1. The predicted octanol–water partition coefficient (Wildman–Crippen LogP) is 1.95. The van der Waals surface area contributed by atoms with E-state index >= 15 is 0 Å². The molecule has 0 aliphatic rings. The fraction of sp³-hybridized carbons (Fsp3) is 0.350. The molecule has 7 nitrogen and oxygen atoms in total. The lowest BCUT2D eigenvalue weighted by molar-refractivity contribution is -0.120. The molecule has 0 aliphatic carbocycles. The summed E-state index contributed by atoms with van der Waals surface area (Å²) in [4.78, 5) is 12.3. The van der Waals surface area contributed by atoms with Gasteiger partial charge in [0.05, 0.1) is 15.5 Å². The van der Waals surface area contributed by atoms with E-state index in [1.165, 1.54) is 12.1 Å². The van der Waals surface area contributed by atoms with Crippen LogP contribution in [0.4, 0.5) is 0 Å². The summed E-state index contributed by atoms with van der Waals surface area (Å²) < 4.78 is 51.4. The quantitative estimate of drug-likeness (QED) is 0.551. The highest BCUT2D eigenvalue weighted by Gasteiger charge is 2.17. The Bertz CT molecular complexity index is 1050. The first-order valence-electron chi connectivity index (χ1n) is 9.23. The fourth-order valence-electron chi connectivity index (χ4n) is 2.80. The Hall–Kier alpha value is -2.23. The van der Waals surface area contributed by atoms with Crippen LogP contribution in [-0.4, -0.2) is 41.6 Å². The topological polar surface area (TPSA) is 109 Å². The molecule has 0 aromatic heterocycles. The fourth-order valence-corrected chi connectivity index (χ4v) is 5.39. The van der Waals surface area contributed by atoms with E-state index < -0.39 is 19.9 Å². The highest BCUT2D eigenvalue weighted by atomic mass is 32.2. The molecule has 1 amide bonds. The van der Waals surface area contributed by atoms with Gasteiger partial charge in [0.1, 0.15) is 0 Å². The maximum atomic E-state index is 12.3. The van der Waals surface area contributed by atoms with E-state index in [-0.39, 0.29) is 47.4 Å². The van der Waals surface area contributed by atoms with Crippen molar-refractivity contribution in [2.45, 2.75) is 36.5 Å². The number of nitrogens with one attached hydrogen (secondary N) is 2. The molecule has 9 heteroatoms. The minimum absolute atomic E-state index is 0.0322. The minimum atomic E-state index is -3.69. The summed E-state index contributed by atoms with van der Waals surface area (Å²) in [5.41, 5.74) is 1.61. The number of aryl methyl sites for hydroxylation is 2. The molecule has 2 aromatic carbocycles. The number of carbonyl (C=O) groups excluding carboxylic acids is 1. The zero-order chi connectivity index (χ0) is 21.5. The Balaban J connectivity index is 1.73. The lowest BCUT2D eigenvalue weighted by Crippen LogP contribution is -2.32. The lowest BCUT2D eigenvalue weighted by Gasteiger charge is -2.10. The van der Waals surface area contributed by atoms with Gasteiger partial charge in [0.15, 0.2) is 9.84 Å². The van der Waals surface area contributed by atoms with E-state index in [9.17, 15) is 21.6 Å². The normalized spacial score (nSPS) is 11.9. The number of sulfone groups is 1. The van der Waals surface area contributed by atoms with Crippen LogP contribution in [0.25, 0.3) is 0 Å². The molecule has 2 rings (SSSR count). The van der Waals surface area contributed by atoms with Gasteiger partial charge in [0, 0.05) is 19.5 Å². The van der Waals surface area contributed by atoms with Crippen molar-refractivity contribution in [1.29, 1.82) is 0 Å². The smallest absolute Gasteiger partial charge is 0.240 e. The van der Waals surface area contributed by atoms with Crippen molar-refractivity contribution in [3.8, 4) is 0 Å². The van der Waals surface area contributed by atoms with Crippen molar-refractivity contribution in [1.82, 2.24) is 10.0 Å². The molecule has 0 spiro atoms. The van der Waals surface area contributed by atoms with E-state index in [4.69, 9.17) is 0 Å². The summed E-state index contributed by atoms with van der Waals surface area (Å²) >= 11 is 0. The summed E-state index contributed by atoms with van der Waals surface area (Å²) in [6.45, 7) is 3.77. The van der Waals surface area contributed by atoms with Crippen LogP contribution in [0.3, 0.4) is 0 Å². The third kappa shape index (κ3) is 6.95. The molecule has 0 fully saturated rings. The van der Waals surface area contributed by atoms with Crippen molar-refractivity contribution in [2.24, 2.45) is 0 Å². The van der Waals surface area contributed by atoms with E-state index in [2.05, 4.69) is 10.0 Å². The van der Waals surface area contributed by atoms with Crippen LogP contribution >= 0.6 is 0 Å². The Labute approximate surface area is 172 Å². The first-order chi connectivity index (χ1) is 13.6. The number of benzene rings is 2. The Morgan fingerprint density at radius 2 is 1.62 bits per heavy atom. The van der Waals surface area contributed by atoms with Gasteiger partial charge in [-0.15, -0.1) is 0 Å². The number of hydrogen-bond acceptors (Lipinski definition) is 5. The number of rotatable bonds is 10. The molecule has 0 radical (unpaired) electrons. The zero-order valence-electron chi connectivity index (χ0n) is 16.5. The van der Waals surface area contributed by atoms with Crippen LogP contribution in [0, 0.1) is 13.8 Å². The number of hydrogen-bond donors (Lipinski definition) is 2. The second-order valence-corrected chi connectivity index (χ2v) is 10.6. The first kappa shape index (κ1) is 23.1. The molecule has 2 N–H and O–H groups in total. The molecule has 0 bridgehead atoms. The molecule has 0 unspecified atom stereocenters. The van der Waals surface area contributed by atoms with Crippen molar-refractivity contribution in [3.63, 3.8) is 0 Å². The molecule has 29 heavy (non-hydrogen) atoms. The van der Waals surface area contributed by atoms with Gasteiger partial charge in [0.25, 0.3) is 0 Å². The van der Waals surface area contributed by atoms with Crippen LogP contribution in [0.5, 0.6) is 0 Å². The molecule has 2 aromatic rings. The average Bonchev–Trinajstić information content (AvgIpc) is 2.65. The lowest BCUT2D eigenvalue weighted by atomic mass is 10.2. The standard InChI is InChI=1S/C20H26N2O5S2/c1-16-9-10-19(17(2)15-16)29(26,27)22-13-11-20(23)21-12-6-14-28(24,25)18-7-4-3-5-8-18/h3-5,7-10,15,22H,6,11-14H2,1-2H3,(H,21,23). The van der Waals surface area contributed by atoms with Crippen molar-refractivity contribution >= 4 is 25.8 Å². The second kappa shape index (κ2) is 10.00. The van der Waals surface area contributed by atoms with Gasteiger partial charge in [-0.1, -0.05) is 35.9 Å².